The van der Waals surface area contributed by atoms with Crippen LogP contribution in [0.15, 0.2) is 41.2 Å². The lowest BCUT2D eigenvalue weighted by Gasteiger charge is -2.25. The number of non-ortho nitro benzene ring substituents is 1. The first-order valence-electron chi connectivity index (χ1n) is 7.93. The van der Waals surface area contributed by atoms with Crippen LogP contribution < -0.4 is 5.56 Å². The molecule has 9 nitrogen and oxygen atoms in total. The summed E-state index contributed by atoms with van der Waals surface area (Å²) in [6.07, 6.45) is 0. The highest BCUT2D eigenvalue weighted by atomic mass is 16.6. The molecule has 0 spiro atoms. The monoisotopic (exact) mass is 360 g/mol. The van der Waals surface area contributed by atoms with Gasteiger partial charge in [-0.2, -0.15) is 5.10 Å². The van der Waals surface area contributed by atoms with Crippen molar-refractivity contribution in [2.45, 2.75) is 19.5 Å². The molecule has 1 aromatic carbocycles. The number of carbonyl (C=O) groups excluding carboxylic acids is 1. The molecular weight excluding hydrogens is 340 g/mol. The van der Waals surface area contributed by atoms with E-state index in [1.807, 2.05) is 0 Å². The maximum atomic E-state index is 12.7. The van der Waals surface area contributed by atoms with E-state index in [-0.39, 0.29) is 23.5 Å². The summed E-state index contributed by atoms with van der Waals surface area (Å²) in [5, 5.41) is 15.0. The normalized spacial score (nSPS) is 11.8. The van der Waals surface area contributed by atoms with Crippen LogP contribution in [-0.2, 0) is 11.3 Å². The molecule has 138 valence electrons. The molecule has 26 heavy (non-hydrogen) atoms. The average molecular weight is 360 g/mol. The summed E-state index contributed by atoms with van der Waals surface area (Å²) in [6, 6.07) is 8.35. The van der Waals surface area contributed by atoms with Crippen molar-refractivity contribution in [2.75, 3.05) is 20.8 Å². The number of methoxy groups -OCH3 is 1. The molecule has 0 radical (unpaired) electrons. The van der Waals surface area contributed by atoms with Crippen LogP contribution in [0.5, 0.6) is 0 Å². The minimum Gasteiger partial charge on any atom is -0.383 e. The van der Waals surface area contributed by atoms with Gasteiger partial charge in [0.2, 0.25) is 0 Å². The van der Waals surface area contributed by atoms with Crippen molar-refractivity contribution in [1.82, 2.24) is 14.7 Å². The first kappa shape index (κ1) is 19.3. The SMILES string of the molecule is COCCn1nc(C(=O)N(C)[C@@H](C)c2cccc([N+](=O)[O-])c2)ccc1=O. The highest BCUT2D eigenvalue weighted by molar-refractivity contribution is 5.92. The van der Waals surface area contributed by atoms with E-state index in [9.17, 15) is 19.7 Å². The summed E-state index contributed by atoms with van der Waals surface area (Å²) >= 11 is 0. The van der Waals surface area contributed by atoms with Gasteiger partial charge in [-0.05, 0) is 18.6 Å². The van der Waals surface area contributed by atoms with Crippen molar-refractivity contribution in [3.63, 3.8) is 0 Å². The number of nitro benzene ring substituents is 1. The van der Waals surface area contributed by atoms with Crippen LogP contribution in [0.25, 0.3) is 0 Å². The predicted octanol–water partition coefficient (Wildman–Crippen LogP) is 1.63. The minimum absolute atomic E-state index is 0.0403. The van der Waals surface area contributed by atoms with Crippen molar-refractivity contribution in [1.29, 1.82) is 0 Å². The zero-order valence-electron chi connectivity index (χ0n) is 14.8. The molecular formula is C17H20N4O5. The topological polar surface area (TPSA) is 108 Å². The van der Waals surface area contributed by atoms with E-state index in [4.69, 9.17) is 4.74 Å². The van der Waals surface area contributed by atoms with Crippen LogP contribution in [0.1, 0.15) is 29.0 Å². The first-order chi connectivity index (χ1) is 12.3. The Hall–Kier alpha value is -3.07. The predicted molar refractivity (Wildman–Crippen MR) is 94.0 cm³/mol. The molecule has 1 atom stereocenters. The van der Waals surface area contributed by atoms with Gasteiger partial charge in [-0.15, -0.1) is 0 Å². The number of benzene rings is 1. The largest absolute Gasteiger partial charge is 0.383 e. The lowest BCUT2D eigenvalue weighted by atomic mass is 10.1. The van der Waals surface area contributed by atoms with Gasteiger partial charge in [0.25, 0.3) is 17.2 Å². The summed E-state index contributed by atoms with van der Waals surface area (Å²) < 4.78 is 6.09. The highest BCUT2D eigenvalue weighted by Crippen LogP contribution is 2.23. The fraction of sp³-hybridized carbons (Fsp3) is 0.353. The molecule has 0 saturated heterocycles. The van der Waals surface area contributed by atoms with Crippen LogP contribution in [-0.4, -0.2) is 46.3 Å². The second kappa shape index (κ2) is 8.34. The third-order valence-corrected chi connectivity index (χ3v) is 4.06. The maximum Gasteiger partial charge on any atom is 0.274 e. The summed E-state index contributed by atoms with van der Waals surface area (Å²) in [5.74, 6) is -0.393. The fourth-order valence-electron chi connectivity index (χ4n) is 2.38. The smallest absolute Gasteiger partial charge is 0.274 e. The second-order valence-corrected chi connectivity index (χ2v) is 5.72. The molecule has 0 bridgehead atoms. The average Bonchev–Trinajstić information content (AvgIpc) is 2.65. The molecule has 0 unspecified atom stereocenters. The van der Waals surface area contributed by atoms with E-state index < -0.39 is 16.9 Å². The van der Waals surface area contributed by atoms with E-state index in [1.54, 1.807) is 26.1 Å². The molecule has 2 rings (SSSR count). The van der Waals surface area contributed by atoms with E-state index in [0.717, 1.165) is 0 Å². The molecule has 0 fully saturated rings. The molecule has 1 heterocycles. The van der Waals surface area contributed by atoms with Crippen LogP contribution in [0, 0.1) is 10.1 Å². The molecule has 9 heteroatoms. The number of nitro groups is 1. The van der Waals surface area contributed by atoms with Gasteiger partial charge in [0.15, 0.2) is 0 Å². The van der Waals surface area contributed by atoms with E-state index in [2.05, 4.69) is 5.10 Å². The maximum absolute atomic E-state index is 12.7. The number of nitrogens with zero attached hydrogens (tertiary/aromatic N) is 4. The fourth-order valence-corrected chi connectivity index (χ4v) is 2.38. The highest BCUT2D eigenvalue weighted by Gasteiger charge is 2.22. The van der Waals surface area contributed by atoms with Crippen molar-refractivity contribution in [3.05, 3.63) is 68.1 Å². The van der Waals surface area contributed by atoms with Gasteiger partial charge in [-0.1, -0.05) is 12.1 Å². The van der Waals surface area contributed by atoms with Gasteiger partial charge in [-0.3, -0.25) is 19.7 Å². The number of hydrogen-bond acceptors (Lipinski definition) is 6. The Balaban J connectivity index is 2.24. The van der Waals surface area contributed by atoms with E-state index >= 15 is 0 Å². The Morgan fingerprint density at radius 1 is 1.38 bits per heavy atom. The molecule has 0 aliphatic heterocycles. The van der Waals surface area contributed by atoms with Gasteiger partial charge in [0, 0.05) is 32.4 Å². The lowest BCUT2D eigenvalue weighted by Crippen LogP contribution is -2.33. The van der Waals surface area contributed by atoms with E-state index in [0.29, 0.717) is 12.2 Å². The minimum atomic E-state index is -0.481. The summed E-state index contributed by atoms with van der Waals surface area (Å²) in [5.41, 5.74) is 0.373. The third kappa shape index (κ3) is 4.31. The Bertz CT molecular complexity index is 864. The van der Waals surface area contributed by atoms with Crippen molar-refractivity contribution in [2.24, 2.45) is 0 Å². The van der Waals surface area contributed by atoms with Gasteiger partial charge in [0.1, 0.15) is 5.69 Å². The lowest BCUT2D eigenvalue weighted by molar-refractivity contribution is -0.384. The number of carbonyl (C=O) groups is 1. The molecule has 1 amide bonds. The zero-order valence-corrected chi connectivity index (χ0v) is 14.8. The summed E-state index contributed by atoms with van der Waals surface area (Å²) in [6.45, 7) is 2.29. The van der Waals surface area contributed by atoms with Crippen molar-refractivity contribution in [3.8, 4) is 0 Å². The molecule has 2 aromatic rings. The quantitative estimate of drug-likeness (QED) is 0.548. The number of aromatic nitrogens is 2. The first-order valence-corrected chi connectivity index (χ1v) is 7.93. The van der Waals surface area contributed by atoms with Crippen molar-refractivity contribution < 1.29 is 14.5 Å². The third-order valence-electron chi connectivity index (χ3n) is 4.06. The van der Waals surface area contributed by atoms with Crippen LogP contribution >= 0.6 is 0 Å². The molecule has 0 saturated carbocycles. The second-order valence-electron chi connectivity index (χ2n) is 5.72. The standard InChI is InChI=1S/C17H20N4O5/c1-12(13-5-4-6-14(11-13)21(24)25)19(2)17(23)15-7-8-16(22)20(18-15)9-10-26-3/h4-8,11-12H,9-10H2,1-3H3/t12-/m0/s1. The molecule has 0 N–H and O–H groups in total. The number of hydrogen-bond donors (Lipinski definition) is 0. The zero-order chi connectivity index (χ0) is 19.3. The van der Waals surface area contributed by atoms with Crippen molar-refractivity contribution >= 4 is 11.6 Å². The van der Waals surface area contributed by atoms with Crippen LogP contribution in [0.4, 0.5) is 5.69 Å². The van der Waals surface area contributed by atoms with Gasteiger partial charge in [-0.25, -0.2) is 4.68 Å². The Labute approximate surface area is 150 Å². The van der Waals surface area contributed by atoms with E-state index in [1.165, 1.54) is 41.0 Å². The summed E-state index contributed by atoms with van der Waals surface area (Å²) in [7, 11) is 3.09. The van der Waals surface area contributed by atoms with Crippen LogP contribution in [0.3, 0.4) is 0 Å². The molecule has 1 aromatic heterocycles. The number of ether oxygens (including phenoxy) is 1. The van der Waals surface area contributed by atoms with Gasteiger partial charge < -0.3 is 9.64 Å². The Kier molecular flexibility index (Phi) is 6.18. The Morgan fingerprint density at radius 3 is 2.77 bits per heavy atom. The molecule has 0 aliphatic rings. The number of rotatable bonds is 7. The number of amides is 1. The van der Waals surface area contributed by atoms with Gasteiger partial charge in [0.05, 0.1) is 24.1 Å². The van der Waals surface area contributed by atoms with Crippen LogP contribution in [0.2, 0.25) is 0 Å². The summed E-state index contributed by atoms with van der Waals surface area (Å²) in [4.78, 5) is 36.4. The Morgan fingerprint density at radius 2 is 2.12 bits per heavy atom. The molecule has 0 aliphatic carbocycles. The van der Waals surface area contributed by atoms with Gasteiger partial charge >= 0.3 is 0 Å².